The highest BCUT2D eigenvalue weighted by Crippen LogP contribution is 2.22. The molecular formula is C17H31N7. The van der Waals surface area contributed by atoms with E-state index >= 15 is 0 Å². The molecule has 134 valence electrons. The molecule has 2 aliphatic rings. The minimum atomic E-state index is 0.302. The van der Waals surface area contributed by atoms with E-state index in [1.165, 1.54) is 38.5 Å². The number of anilines is 3. The molecule has 0 atom stereocenters. The Kier molecular flexibility index (Phi) is 5.71. The highest BCUT2D eigenvalue weighted by molar-refractivity contribution is 5.42. The summed E-state index contributed by atoms with van der Waals surface area (Å²) in [6.07, 6.45) is 9.86. The first kappa shape index (κ1) is 17.2. The minimum absolute atomic E-state index is 0.302. The molecule has 0 spiro atoms. The van der Waals surface area contributed by atoms with Gasteiger partial charge in [0.15, 0.2) is 0 Å². The van der Waals surface area contributed by atoms with Crippen molar-refractivity contribution >= 4 is 17.8 Å². The lowest BCUT2D eigenvalue weighted by Gasteiger charge is -2.35. The molecule has 1 aromatic rings. The lowest BCUT2D eigenvalue weighted by atomic mass is 10.0. The zero-order valence-corrected chi connectivity index (χ0v) is 15.0. The van der Waals surface area contributed by atoms with Crippen molar-refractivity contribution < 1.29 is 0 Å². The molecule has 0 bridgehead atoms. The quantitative estimate of drug-likeness (QED) is 0.817. The summed E-state index contributed by atoms with van der Waals surface area (Å²) in [5, 5.41) is 3.49. The van der Waals surface area contributed by atoms with Crippen LogP contribution >= 0.6 is 0 Å². The summed E-state index contributed by atoms with van der Waals surface area (Å²) in [5.74, 6) is 1.62. The highest BCUT2D eigenvalue weighted by atomic mass is 15.3. The molecule has 0 radical (unpaired) electrons. The van der Waals surface area contributed by atoms with E-state index in [4.69, 9.17) is 5.73 Å². The zero-order chi connectivity index (χ0) is 16.9. The van der Waals surface area contributed by atoms with E-state index < -0.39 is 0 Å². The van der Waals surface area contributed by atoms with Crippen LogP contribution in [-0.2, 0) is 0 Å². The van der Waals surface area contributed by atoms with Crippen LogP contribution in [0.3, 0.4) is 0 Å². The smallest absolute Gasteiger partial charge is 0.231 e. The number of aromatic nitrogens is 3. The van der Waals surface area contributed by atoms with Crippen molar-refractivity contribution in [3.8, 4) is 0 Å². The maximum absolute atomic E-state index is 5.95. The molecule has 7 heteroatoms. The molecule has 2 heterocycles. The summed E-state index contributed by atoms with van der Waals surface area (Å²) in [6.45, 7) is 2.23. The summed E-state index contributed by atoms with van der Waals surface area (Å²) in [6, 6.07) is 0.921. The predicted octanol–water partition coefficient (Wildman–Crippen LogP) is 2.12. The van der Waals surface area contributed by atoms with Crippen LogP contribution < -0.4 is 16.0 Å². The average molecular weight is 333 g/mol. The van der Waals surface area contributed by atoms with Crippen LogP contribution in [0.5, 0.6) is 0 Å². The number of hydrogen-bond donors (Lipinski definition) is 2. The molecule has 0 aromatic carbocycles. The van der Waals surface area contributed by atoms with E-state index in [-0.39, 0.29) is 0 Å². The van der Waals surface area contributed by atoms with E-state index in [9.17, 15) is 0 Å². The van der Waals surface area contributed by atoms with Crippen molar-refractivity contribution in [2.24, 2.45) is 0 Å². The molecular weight excluding hydrogens is 302 g/mol. The van der Waals surface area contributed by atoms with Gasteiger partial charge < -0.3 is 20.9 Å². The summed E-state index contributed by atoms with van der Waals surface area (Å²) >= 11 is 0. The number of nitrogens with zero attached hydrogens (tertiary/aromatic N) is 5. The van der Waals surface area contributed by atoms with Crippen molar-refractivity contribution in [3.63, 3.8) is 0 Å². The molecule has 3 N–H and O–H groups in total. The highest BCUT2D eigenvalue weighted by Gasteiger charge is 2.23. The molecule has 1 saturated heterocycles. The number of nitrogen functional groups attached to an aromatic ring is 1. The van der Waals surface area contributed by atoms with Crippen LogP contribution in [0.2, 0.25) is 0 Å². The second kappa shape index (κ2) is 7.96. The van der Waals surface area contributed by atoms with E-state index in [1.54, 1.807) is 0 Å². The van der Waals surface area contributed by atoms with Crippen LogP contribution in [0.1, 0.15) is 51.4 Å². The van der Waals surface area contributed by atoms with Gasteiger partial charge in [-0.1, -0.05) is 25.7 Å². The SMILES string of the molecule is CN1CCC(N(C)c2nc(N)nc(NC3CCCCCC3)n2)CC1. The molecule has 3 rings (SSSR count). The van der Waals surface area contributed by atoms with E-state index in [0.717, 1.165) is 25.9 Å². The second-order valence-electron chi connectivity index (χ2n) is 7.30. The number of hydrogen-bond acceptors (Lipinski definition) is 7. The predicted molar refractivity (Wildman–Crippen MR) is 98.3 cm³/mol. The van der Waals surface area contributed by atoms with Gasteiger partial charge in [0.1, 0.15) is 0 Å². The van der Waals surface area contributed by atoms with Gasteiger partial charge in [-0.15, -0.1) is 0 Å². The van der Waals surface area contributed by atoms with Gasteiger partial charge in [0.05, 0.1) is 0 Å². The Morgan fingerprint density at radius 2 is 1.67 bits per heavy atom. The lowest BCUT2D eigenvalue weighted by Crippen LogP contribution is -2.42. The average Bonchev–Trinajstić information content (AvgIpc) is 2.83. The first-order valence-electron chi connectivity index (χ1n) is 9.31. The van der Waals surface area contributed by atoms with Gasteiger partial charge in [-0.25, -0.2) is 0 Å². The maximum Gasteiger partial charge on any atom is 0.231 e. The van der Waals surface area contributed by atoms with Crippen molar-refractivity contribution in [3.05, 3.63) is 0 Å². The van der Waals surface area contributed by atoms with Crippen molar-refractivity contribution in [2.75, 3.05) is 43.1 Å². The fourth-order valence-corrected chi connectivity index (χ4v) is 3.75. The van der Waals surface area contributed by atoms with Gasteiger partial charge in [0.25, 0.3) is 0 Å². The molecule has 1 aliphatic carbocycles. The summed E-state index contributed by atoms with van der Waals surface area (Å²) in [5.41, 5.74) is 5.95. The van der Waals surface area contributed by atoms with Gasteiger partial charge in [0, 0.05) is 19.1 Å². The first-order valence-corrected chi connectivity index (χ1v) is 9.31. The Labute approximate surface area is 145 Å². The Balaban J connectivity index is 1.68. The topological polar surface area (TPSA) is 83.2 Å². The molecule has 0 unspecified atom stereocenters. The zero-order valence-electron chi connectivity index (χ0n) is 15.0. The van der Waals surface area contributed by atoms with Gasteiger partial charge in [0.2, 0.25) is 17.8 Å². The molecule has 24 heavy (non-hydrogen) atoms. The van der Waals surface area contributed by atoms with Crippen LogP contribution in [0, 0.1) is 0 Å². The first-order chi connectivity index (χ1) is 11.6. The third-order valence-electron chi connectivity index (χ3n) is 5.38. The molecule has 1 saturated carbocycles. The normalized spacial score (nSPS) is 21.4. The largest absolute Gasteiger partial charge is 0.368 e. The van der Waals surface area contributed by atoms with E-state index in [2.05, 4.69) is 44.2 Å². The Morgan fingerprint density at radius 3 is 2.33 bits per heavy atom. The van der Waals surface area contributed by atoms with Crippen LogP contribution in [0.25, 0.3) is 0 Å². The standard InChI is InChI=1S/C17H31N7/c1-23-11-9-14(10-12-23)24(2)17-21-15(18)20-16(22-17)19-13-7-5-3-4-6-8-13/h13-14H,3-12H2,1-2H3,(H3,18,19,20,21,22). The number of likely N-dealkylation sites (tertiary alicyclic amines) is 1. The van der Waals surface area contributed by atoms with Gasteiger partial charge >= 0.3 is 0 Å². The molecule has 1 aromatic heterocycles. The molecule has 7 nitrogen and oxygen atoms in total. The Bertz CT molecular complexity index is 520. The third-order valence-corrected chi connectivity index (χ3v) is 5.38. The van der Waals surface area contributed by atoms with Gasteiger partial charge in [-0.05, 0) is 45.8 Å². The minimum Gasteiger partial charge on any atom is -0.368 e. The molecule has 2 fully saturated rings. The van der Waals surface area contributed by atoms with Crippen LogP contribution in [-0.4, -0.2) is 59.1 Å². The van der Waals surface area contributed by atoms with Gasteiger partial charge in [-0.2, -0.15) is 15.0 Å². The van der Waals surface area contributed by atoms with Crippen molar-refractivity contribution in [1.82, 2.24) is 19.9 Å². The summed E-state index contributed by atoms with van der Waals surface area (Å²) < 4.78 is 0. The van der Waals surface area contributed by atoms with Crippen LogP contribution in [0.4, 0.5) is 17.8 Å². The van der Waals surface area contributed by atoms with Crippen molar-refractivity contribution in [2.45, 2.75) is 63.5 Å². The Morgan fingerprint density at radius 1 is 1.00 bits per heavy atom. The second-order valence-corrected chi connectivity index (χ2v) is 7.30. The van der Waals surface area contributed by atoms with Crippen LogP contribution in [0.15, 0.2) is 0 Å². The number of nitrogens with one attached hydrogen (secondary N) is 1. The fraction of sp³-hybridized carbons (Fsp3) is 0.824. The molecule has 1 aliphatic heterocycles. The monoisotopic (exact) mass is 333 g/mol. The fourth-order valence-electron chi connectivity index (χ4n) is 3.75. The maximum atomic E-state index is 5.95. The summed E-state index contributed by atoms with van der Waals surface area (Å²) in [7, 11) is 4.24. The third kappa shape index (κ3) is 4.47. The Hall–Kier alpha value is -1.63. The van der Waals surface area contributed by atoms with E-state index in [1.807, 2.05) is 0 Å². The molecule has 0 amide bonds. The van der Waals surface area contributed by atoms with Gasteiger partial charge in [-0.3, -0.25) is 0 Å². The van der Waals surface area contributed by atoms with E-state index in [0.29, 0.717) is 29.9 Å². The van der Waals surface area contributed by atoms with Crippen molar-refractivity contribution in [1.29, 1.82) is 0 Å². The number of piperidine rings is 1. The summed E-state index contributed by atoms with van der Waals surface area (Å²) in [4.78, 5) is 17.9. The number of nitrogens with two attached hydrogens (primary N) is 1. The number of rotatable bonds is 4. The lowest BCUT2D eigenvalue weighted by molar-refractivity contribution is 0.252.